The lowest BCUT2D eigenvalue weighted by Crippen LogP contribution is -2.50. The molecule has 1 N–H and O–H groups in total. The van der Waals surface area contributed by atoms with Crippen LogP contribution in [0, 0.1) is 5.92 Å². The van der Waals surface area contributed by atoms with Crippen LogP contribution in [-0.4, -0.2) is 56.3 Å². The molecule has 0 aromatic carbocycles. The van der Waals surface area contributed by atoms with Gasteiger partial charge in [0.05, 0.1) is 0 Å². The molecular weight excluding hydrogens is 268 g/mol. The lowest BCUT2D eigenvalue weighted by Gasteiger charge is -2.28. The van der Waals surface area contributed by atoms with Crippen LogP contribution >= 0.6 is 0 Å². The van der Waals surface area contributed by atoms with Crippen molar-refractivity contribution in [3.63, 3.8) is 0 Å². The van der Waals surface area contributed by atoms with Gasteiger partial charge in [-0.1, -0.05) is 13.8 Å². The molecule has 0 aromatic rings. The maximum absolute atomic E-state index is 12.1. The molecule has 0 aliphatic heterocycles. The number of hydrogen-bond donors (Lipinski definition) is 1. The zero-order chi connectivity index (χ0) is 15.4. The number of carbonyl (C=O) groups is 2. The second-order valence-electron chi connectivity index (χ2n) is 5.45. The summed E-state index contributed by atoms with van der Waals surface area (Å²) in [5, 5.41) is 2.68. The largest absolute Gasteiger partial charge is 0.354 e. The third-order valence-corrected chi connectivity index (χ3v) is 5.09. The first kappa shape index (κ1) is 17.9. The number of hydrogen-bond acceptors (Lipinski definition) is 4. The Bertz CT molecular complexity index is 441. The Morgan fingerprint density at radius 3 is 2.11 bits per heavy atom. The van der Waals surface area contributed by atoms with Gasteiger partial charge in [0, 0.05) is 32.3 Å². The smallest absolute Gasteiger partial charge is 0.243 e. The number of rotatable bonds is 6. The molecule has 0 aromatic heterocycles. The molecule has 0 unspecified atom stereocenters. The Morgan fingerprint density at radius 1 is 1.26 bits per heavy atom. The molecule has 0 atom stereocenters. The predicted molar refractivity (Wildman–Crippen MR) is 74.4 cm³/mol. The summed E-state index contributed by atoms with van der Waals surface area (Å²) in [6.45, 7) is 6.89. The van der Waals surface area contributed by atoms with Gasteiger partial charge >= 0.3 is 0 Å². The average molecular weight is 292 g/mol. The van der Waals surface area contributed by atoms with Gasteiger partial charge in [-0.2, -0.15) is 0 Å². The minimum Gasteiger partial charge on any atom is -0.354 e. The lowest BCUT2D eigenvalue weighted by molar-refractivity contribution is -0.132. The molecule has 2 amide bonds. The zero-order valence-electron chi connectivity index (χ0n) is 12.5. The van der Waals surface area contributed by atoms with Gasteiger partial charge < -0.3 is 10.2 Å². The Kier molecular flexibility index (Phi) is 5.99. The Labute approximate surface area is 115 Å². The van der Waals surface area contributed by atoms with Gasteiger partial charge in [0.2, 0.25) is 11.8 Å². The predicted octanol–water partition coefficient (Wildman–Crippen LogP) is 0.0402. The van der Waals surface area contributed by atoms with Crippen LogP contribution in [0.3, 0.4) is 0 Å². The number of carbonyl (C=O) groups excluding carboxylic acids is 2. The van der Waals surface area contributed by atoms with E-state index in [1.54, 1.807) is 13.8 Å². The van der Waals surface area contributed by atoms with E-state index in [-0.39, 0.29) is 18.4 Å². The molecule has 0 rings (SSSR count). The molecule has 7 heteroatoms. The van der Waals surface area contributed by atoms with Crippen LogP contribution in [-0.2, 0) is 19.4 Å². The van der Waals surface area contributed by atoms with Crippen molar-refractivity contribution in [2.45, 2.75) is 32.4 Å². The number of sulfone groups is 1. The highest BCUT2D eigenvalue weighted by molar-refractivity contribution is 7.92. The van der Waals surface area contributed by atoms with E-state index in [9.17, 15) is 18.0 Å². The molecule has 19 heavy (non-hydrogen) atoms. The van der Waals surface area contributed by atoms with Crippen molar-refractivity contribution in [1.82, 2.24) is 10.2 Å². The van der Waals surface area contributed by atoms with E-state index in [0.29, 0.717) is 6.54 Å². The number of nitrogens with zero attached hydrogens (tertiary/aromatic N) is 1. The highest BCUT2D eigenvalue weighted by Gasteiger charge is 2.40. The summed E-state index contributed by atoms with van der Waals surface area (Å²) in [6.07, 6.45) is 1.04. The summed E-state index contributed by atoms with van der Waals surface area (Å²) in [4.78, 5) is 24.7. The fraction of sp³-hybridized carbons (Fsp3) is 0.833. The van der Waals surface area contributed by atoms with Crippen molar-refractivity contribution in [2.24, 2.45) is 5.92 Å². The first-order valence-corrected chi connectivity index (χ1v) is 8.03. The SMILES string of the molecule is CC(C)C(=O)NCCN(C)C(=O)C(C)(C)S(C)(=O)=O. The van der Waals surface area contributed by atoms with Gasteiger partial charge in [-0.3, -0.25) is 9.59 Å². The van der Waals surface area contributed by atoms with Crippen LogP contribution in [0.15, 0.2) is 0 Å². The second kappa shape index (κ2) is 6.36. The number of nitrogens with one attached hydrogen (secondary N) is 1. The van der Waals surface area contributed by atoms with Crippen LogP contribution < -0.4 is 5.32 Å². The van der Waals surface area contributed by atoms with E-state index in [1.165, 1.54) is 25.8 Å². The summed E-state index contributed by atoms with van der Waals surface area (Å²) in [5.41, 5.74) is 0. The monoisotopic (exact) mass is 292 g/mol. The van der Waals surface area contributed by atoms with Gasteiger partial charge in [-0.05, 0) is 13.8 Å². The second-order valence-corrected chi connectivity index (χ2v) is 8.02. The van der Waals surface area contributed by atoms with Gasteiger partial charge in [-0.15, -0.1) is 0 Å². The Balaban J connectivity index is 4.49. The topological polar surface area (TPSA) is 83.6 Å². The average Bonchev–Trinajstić information content (AvgIpc) is 2.25. The van der Waals surface area contributed by atoms with Crippen molar-refractivity contribution < 1.29 is 18.0 Å². The van der Waals surface area contributed by atoms with E-state index in [4.69, 9.17) is 0 Å². The molecule has 0 saturated heterocycles. The molecule has 6 nitrogen and oxygen atoms in total. The minimum atomic E-state index is -3.48. The van der Waals surface area contributed by atoms with E-state index in [0.717, 1.165) is 6.26 Å². The van der Waals surface area contributed by atoms with Crippen molar-refractivity contribution in [2.75, 3.05) is 26.4 Å². The third kappa shape index (κ3) is 4.81. The van der Waals surface area contributed by atoms with Gasteiger partial charge in [0.15, 0.2) is 9.84 Å². The minimum absolute atomic E-state index is 0.0942. The van der Waals surface area contributed by atoms with Crippen LogP contribution in [0.25, 0.3) is 0 Å². The van der Waals surface area contributed by atoms with Crippen molar-refractivity contribution >= 4 is 21.7 Å². The highest BCUT2D eigenvalue weighted by atomic mass is 32.2. The summed E-state index contributed by atoms with van der Waals surface area (Å²) in [6, 6.07) is 0. The standard InChI is InChI=1S/C12H24N2O4S/c1-9(2)10(15)13-7-8-14(5)11(16)12(3,4)19(6,17)18/h9H,7-8H2,1-6H3,(H,13,15). The molecule has 112 valence electrons. The van der Waals surface area contributed by atoms with E-state index in [2.05, 4.69) is 5.32 Å². The molecule has 0 bridgehead atoms. The van der Waals surface area contributed by atoms with Crippen molar-refractivity contribution in [1.29, 1.82) is 0 Å². The zero-order valence-corrected chi connectivity index (χ0v) is 13.3. The molecule has 0 spiro atoms. The highest BCUT2D eigenvalue weighted by Crippen LogP contribution is 2.17. The summed E-state index contributed by atoms with van der Waals surface area (Å²) >= 11 is 0. The number of amides is 2. The molecule has 0 saturated carbocycles. The molecule has 0 heterocycles. The Hall–Kier alpha value is -1.11. The van der Waals surface area contributed by atoms with Crippen LogP contribution in [0.5, 0.6) is 0 Å². The summed E-state index contributed by atoms with van der Waals surface area (Å²) in [5.74, 6) is -0.689. The quantitative estimate of drug-likeness (QED) is 0.749. The molecule has 0 fully saturated rings. The first-order valence-electron chi connectivity index (χ1n) is 6.14. The fourth-order valence-corrected chi connectivity index (χ4v) is 1.74. The van der Waals surface area contributed by atoms with E-state index >= 15 is 0 Å². The van der Waals surface area contributed by atoms with Crippen molar-refractivity contribution in [3.05, 3.63) is 0 Å². The normalized spacial score (nSPS) is 12.4. The number of likely N-dealkylation sites (N-methyl/N-ethyl adjacent to an activating group) is 1. The summed E-state index contributed by atoms with van der Waals surface area (Å²) in [7, 11) is -1.96. The van der Waals surface area contributed by atoms with Crippen LogP contribution in [0.2, 0.25) is 0 Å². The molecular formula is C12H24N2O4S. The first-order chi connectivity index (χ1) is 8.41. The van der Waals surface area contributed by atoms with Gasteiger partial charge in [0.25, 0.3) is 0 Å². The maximum Gasteiger partial charge on any atom is 0.243 e. The van der Waals surface area contributed by atoms with Crippen molar-refractivity contribution in [3.8, 4) is 0 Å². The molecule has 0 aliphatic rings. The lowest BCUT2D eigenvalue weighted by atomic mass is 10.2. The van der Waals surface area contributed by atoms with Crippen LogP contribution in [0.1, 0.15) is 27.7 Å². The molecule has 0 radical (unpaired) electrons. The van der Waals surface area contributed by atoms with Gasteiger partial charge in [-0.25, -0.2) is 8.42 Å². The van der Waals surface area contributed by atoms with Gasteiger partial charge in [0.1, 0.15) is 4.75 Å². The van der Waals surface area contributed by atoms with Crippen LogP contribution in [0.4, 0.5) is 0 Å². The van der Waals surface area contributed by atoms with E-state index in [1.807, 2.05) is 0 Å². The maximum atomic E-state index is 12.1. The third-order valence-electron chi connectivity index (χ3n) is 3.06. The molecule has 0 aliphatic carbocycles. The Morgan fingerprint density at radius 2 is 1.74 bits per heavy atom. The van der Waals surface area contributed by atoms with E-state index < -0.39 is 20.5 Å². The fourth-order valence-electron chi connectivity index (χ4n) is 1.27. The summed E-state index contributed by atoms with van der Waals surface area (Å²) < 4.78 is 21.7.